The fourth-order valence-electron chi connectivity index (χ4n) is 2.83. The number of rotatable bonds is 8. The maximum atomic E-state index is 12.4. The summed E-state index contributed by atoms with van der Waals surface area (Å²) < 4.78 is 10.6. The lowest BCUT2D eigenvalue weighted by atomic mass is 10.1. The molecular formula is C21H23ClN4O3. The zero-order valence-electron chi connectivity index (χ0n) is 16.6. The van der Waals surface area contributed by atoms with Crippen LogP contribution in [0.5, 0.6) is 5.75 Å². The smallest absolute Gasteiger partial charge is 0.241 e. The first-order valence-corrected chi connectivity index (χ1v) is 9.60. The lowest BCUT2D eigenvalue weighted by molar-refractivity contribution is -0.117. The van der Waals surface area contributed by atoms with Crippen LogP contribution in [0.15, 0.2) is 47.0 Å². The Labute approximate surface area is 174 Å². The second-order valence-electron chi connectivity index (χ2n) is 6.63. The monoisotopic (exact) mass is 414 g/mol. The van der Waals surface area contributed by atoms with Crippen LogP contribution in [-0.2, 0) is 17.8 Å². The minimum Gasteiger partial charge on any atom is -0.495 e. The first kappa shape index (κ1) is 20.8. The van der Waals surface area contributed by atoms with Gasteiger partial charge in [0.15, 0.2) is 0 Å². The minimum atomic E-state index is -0.206. The van der Waals surface area contributed by atoms with E-state index in [1.807, 2.05) is 24.3 Å². The molecule has 3 aromatic rings. The maximum Gasteiger partial charge on any atom is 0.241 e. The first-order chi connectivity index (χ1) is 14.0. The van der Waals surface area contributed by atoms with Gasteiger partial charge < -0.3 is 14.6 Å². The Bertz CT molecular complexity index is 972. The molecular weight excluding hydrogens is 392 g/mol. The number of benzene rings is 2. The van der Waals surface area contributed by atoms with E-state index >= 15 is 0 Å². The summed E-state index contributed by atoms with van der Waals surface area (Å²) in [7, 11) is 3.34. The molecule has 7 nitrogen and oxygen atoms in total. The van der Waals surface area contributed by atoms with Gasteiger partial charge in [-0.25, -0.2) is 0 Å². The van der Waals surface area contributed by atoms with Crippen molar-refractivity contribution in [3.63, 3.8) is 0 Å². The number of nitrogens with one attached hydrogen (secondary N) is 1. The number of ether oxygens (including phenoxy) is 1. The molecule has 1 amide bonds. The summed E-state index contributed by atoms with van der Waals surface area (Å²) in [5.74, 6) is 1.31. The second-order valence-corrected chi connectivity index (χ2v) is 7.06. The van der Waals surface area contributed by atoms with Gasteiger partial charge in [-0.2, -0.15) is 4.98 Å². The standard InChI is InChI=1S/C21H23ClN4O3/c1-4-14-5-7-15(8-6-14)21-24-20(29-25-21)13-26(2)12-19(27)23-17-11-16(22)9-10-18(17)28-3/h5-11H,4,12-13H2,1-3H3,(H,23,27). The van der Waals surface area contributed by atoms with Crippen LogP contribution in [-0.4, -0.2) is 41.6 Å². The van der Waals surface area contributed by atoms with Crippen molar-refractivity contribution in [2.45, 2.75) is 19.9 Å². The van der Waals surface area contributed by atoms with Gasteiger partial charge >= 0.3 is 0 Å². The van der Waals surface area contributed by atoms with E-state index in [1.54, 1.807) is 30.1 Å². The fraction of sp³-hybridized carbons (Fsp3) is 0.286. The molecule has 0 aliphatic heterocycles. The quantitative estimate of drug-likeness (QED) is 0.599. The van der Waals surface area contributed by atoms with E-state index in [9.17, 15) is 4.79 Å². The molecule has 0 saturated carbocycles. The van der Waals surface area contributed by atoms with E-state index in [1.165, 1.54) is 12.7 Å². The summed E-state index contributed by atoms with van der Waals surface area (Å²) in [6.45, 7) is 2.59. The number of anilines is 1. The molecule has 1 aromatic heterocycles. The molecule has 0 aliphatic rings. The van der Waals surface area contributed by atoms with Crippen molar-refractivity contribution in [2.75, 3.05) is 26.0 Å². The number of aromatic nitrogens is 2. The van der Waals surface area contributed by atoms with Crippen LogP contribution >= 0.6 is 11.6 Å². The van der Waals surface area contributed by atoms with Crippen molar-refractivity contribution in [1.82, 2.24) is 15.0 Å². The Morgan fingerprint density at radius 1 is 1.24 bits per heavy atom. The van der Waals surface area contributed by atoms with Gasteiger partial charge in [0.05, 0.1) is 25.9 Å². The topological polar surface area (TPSA) is 80.5 Å². The summed E-state index contributed by atoms with van der Waals surface area (Å²) in [4.78, 5) is 18.6. The minimum absolute atomic E-state index is 0.137. The highest BCUT2D eigenvalue weighted by molar-refractivity contribution is 6.31. The molecule has 8 heteroatoms. The summed E-state index contributed by atoms with van der Waals surface area (Å²) in [6.07, 6.45) is 0.978. The van der Waals surface area contributed by atoms with Gasteiger partial charge in [-0.05, 0) is 37.2 Å². The van der Waals surface area contributed by atoms with Gasteiger partial charge in [0, 0.05) is 10.6 Å². The summed E-state index contributed by atoms with van der Waals surface area (Å²) in [6, 6.07) is 13.1. The molecule has 0 fully saturated rings. The van der Waals surface area contributed by atoms with Crippen LogP contribution in [0.3, 0.4) is 0 Å². The number of hydrogen-bond acceptors (Lipinski definition) is 6. The second kappa shape index (κ2) is 9.54. The molecule has 152 valence electrons. The van der Waals surface area contributed by atoms with Gasteiger partial charge in [-0.15, -0.1) is 0 Å². The number of nitrogens with zero attached hydrogens (tertiary/aromatic N) is 3. The third kappa shape index (κ3) is 5.56. The average Bonchev–Trinajstić information content (AvgIpc) is 3.16. The first-order valence-electron chi connectivity index (χ1n) is 9.22. The Morgan fingerprint density at radius 2 is 2.00 bits per heavy atom. The molecule has 0 spiro atoms. The van der Waals surface area contributed by atoms with Crippen LogP contribution in [0.1, 0.15) is 18.4 Å². The van der Waals surface area contributed by atoms with Crippen molar-refractivity contribution >= 4 is 23.2 Å². The van der Waals surface area contributed by atoms with E-state index in [-0.39, 0.29) is 12.5 Å². The molecule has 0 unspecified atom stereocenters. The van der Waals surface area contributed by atoms with Gasteiger partial charge in [0.1, 0.15) is 5.75 Å². The van der Waals surface area contributed by atoms with E-state index in [2.05, 4.69) is 22.4 Å². The van der Waals surface area contributed by atoms with Crippen molar-refractivity contribution < 1.29 is 14.1 Å². The Kier molecular flexibility index (Phi) is 6.85. The molecule has 0 radical (unpaired) electrons. The largest absolute Gasteiger partial charge is 0.495 e. The molecule has 3 rings (SSSR count). The van der Waals surface area contributed by atoms with Gasteiger partial charge in [-0.1, -0.05) is 47.9 Å². The predicted molar refractivity (Wildman–Crippen MR) is 112 cm³/mol. The Morgan fingerprint density at radius 3 is 2.69 bits per heavy atom. The van der Waals surface area contributed by atoms with Crippen molar-refractivity contribution in [3.05, 3.63) is 58.9 Å². The van der Waals surface area contributed by atoms with E-state index in [4.69, 9.17) is 20.9 Å². The Hall–Kier alpha value is -2.90. The molecule has 2 aromatic carbocycles. The average molecular weight is 415 g/mol. The lowest BCUT2D eigenvalue weighted by Gasteiger charge is -2.15. The molecule has 0 atom stereocenters. The van der Waals surface area contributed by atoms with Crippen molar-refractivity contribution in [1.29, 1.82) is 0 Å². The van der Waals surface area contributed by atoms with Gasteiger partial charge in [-0.3, -0.25) is 9.69 Å². The highest BCUT2D eigenvalue weighted by Gasteiger charge is 2.14. The summed E-state index contributed by atoms with van der Waals surface area (Å²) in [5, 5.41) is 7.35. The number of amides is 1. The zero-order chi connectivity index (χ0) is 20.8. The number of halogens is 1. The number of methoxy groups -OCH3 is 1. The van der Waals surface area contributed by atoms with E-state index in [0.29, 0.717) is 34.7 Å². The van der Waals surface area contributed by atoms with Crippen molar-refractivity contribution in [2.24, 2.45) is 0 Å². The molecule has 0 bridgehead atoms. The Balaban J connectivity index is 1.58. The summed E-state index contributed by atoms with van der Waals surface area (Å²) >= 11 is 6.00. The predicted octanol–water partition coefficient (Wildman–Crippen LogP) is 4.03. The third-order valence-corrected chi connectivity index (χ3v) is 4.58. The van der Waals surface area contributed by atoms with Crippen LogP contribution in [0, 0.1) is 0 Å². The van der Waals surface area contributed by atoms with Crippen molar-refractivity contribution in [3.8, 4) is 17.1 Å². The van der Waals surface area contributed by atoms with Crippen LogP contribution in [0.2, 0.25) is 5.02 Å². The lowest BCUT2D eigenvalue weighted by Crippen LogP contribution is -2.30. The molecule has 1 heterocycles. The molecule has 1 N–H and O–H groups in total. The molecule has 29 heavy (non-hydrogen) atoms. The van der Waals surface area contributed by atoms with Crippen LogP contribution < -0.4 is 10.1 Å². The normalized spacial score (nSPS) is 10.9. The number of aryl methyl sites for hydroxylation is 1. The number of hydrogen-bond donors (Lipinski definition) is 1. The zero-order valence-corrected chi connectivity index (χ0v) is 17.4. The molecule has 0 saturated heterocycles. The van der Waals surface area contributed by atoms with Crippen LogP contribution in [0.25, 0.3) is 11.4 Å². The van der Waals surface area contributed by atoms with Gasteiger partial charge in [0.2, 0.25) is 17.6 Å². The van der Waals surface area contributed by atoms with E-state index < -0.39 is 0 Å². The van der Waals surface area contributed by atoms with Gasteiger partial charge in [0.25, 0.3) is 0 Å². The SMILES string of the molecule is CCc1ccc(-c2noc(CN(C)CC(=O)Nc3cc(Cl)ccc3OC)n2)cc1. The number of carbonyl (C=O) groups is 1. The summed E-state index contributed by atoms with van der Waals surface area (Å²) in [5.41, 5.74) is 2.67. The number of carbonyl (C=O) groups excluding carboxylic acids is 1. The highest BCUT2D eigenvalue weighted by Crippen LogP contribution is 2.27. The number of likely N-dealkylation sites (N-methyl/N-ethyl adjacent to an activating group) is 1. The van der Waals surface area contributed by atoms with Crippen LogP contribution in [0.4, 0.5) is 5.69 Å². The third-order valence-electron chi connectivity index (χ3n) is 4.34. The molecule has 0 aliphatic carbocycles. The fourth-order valence-corrected chi connectivity index (χ4v) is 3.00. The maximum absolute atomic E-state index is 12.4. The highest BCUT2D eigenvalue weighted by atomic mass is 35.5. The van der Waals surface area contributed by atoms with E-state index in [0.717, 1.165) is 12.0 Å².